The van der Waals surface area contributed by atoms with Crippen molar-refractivity contribution in [3.05, 3.63) is 58.7 Å². The molecule has 0 saturated heterocycles. The van der Waals surface area contributed by atoms with Gasteiger partial charge in [0.25, 0.3) is 0 Å². The summed E-state index contributed by atoms with van der Waals surface area (Å²) in [6, 6.07) is 13.1. The van der Waals surface area contributed by atoms with E-state index in [1.54, 1.807) is 14.2 Å². The number of oxime groups is 1. The standard InChI is InChI=1S/C27H34N2O3/c1-17(2)16-32-29-18(3)19-10-12-20(13-11-19)27-23-15-26(31-5)25(30-4)14-22(23)21-8-6-7-9-24(21)28-27/h10-15,17,21,24H,6-9,16H2,1-5H3/t21-,24-/m1/s1. The van der Waals surface area contributed by atoms with Crippen molar-refractivity contribution in [3.63, 3.8) is 0 Å². The maximum atomic E-state index is 5.62. The quantitative estimate of drug-likeness (QED) is 0.398. The molecule has 0 amide bonds. The smallest absolute Gasteiger partial charge is 0.161 e. The van der Waals surface area contributed by atoms with E-state index in [9.17, 15) is 0 Å². The summed E-state index contributed by atoms with van der Waals surface area (Å²) >= 11 is 0. The molecule has 5 heteroatoms. The number of benzene rings is 2. The van der Waals surface area contributed by atoms with Crippen LogP contribution < -0.4 is 9.47 Å². The summed E-state index contributed by atoms with van der Waals surface area (Å²) < 4.78 is 11.2. The number of hydrogen-bond donors (Lipinski definition) is 0. The van der Waals surface area contributed by atoms with Crippen molar-refractivity contribution in [3.8, 4) is 11.5 Å². The number of nitrogens with zero attached hydrogens (tertiary/aromatic N) is 2. The highest BCUT2D eigenvalue weighted by Crippen LogP contribution is 2.44. The van der Waals surface area contributed by atoms with Gasteiger partial charge >= 0.3 is 0 Å². The Hall–Kier alpha value is -2.82. The average molecular weight is 435 g/mol. The predicted octanol–water partition coefficient (Wildman–Crippen LogP) is 5.98. The summed E-state index contributed by atoms with van der Waals surface area (Å²) in [7, 11) is 3.39. The molecule has 5 nitrogen and oxygen atoms in total. The molecule has 1 saturated carbocycles. The van der Waals surface area contributed by atoms with Crippen LogP contribution in [0.1, 0.15) is 74.6 Å². The molecule has 1 aliphatic heterocycles. The fourth-order valence-electron chi connectivity index (χ4n) is 4.71. The largest absolute Gasteiger partial charge is 0.493 e. The SMILES string of the molecule is COc1cc2c(cc1OC)[C@H]1CCCC[C@H]1N=C2c1ccc(C(C)=NOCC(C)C)cc1. The van der Waals surface area contributed by atoms with E-state index in [0.717, 1.165) is 46.0 Å². The van der Waals surface area contributed by atoms with Gasteiger partial charge in [0.1, 0.15) is 6.61 Å². The summed E-state index contributed by atoms with van der Waals surface area (Å²) in [4.78, 5) is 10.7. The molecule has 1 fully saturated rings. The van der Waals surface area contributed by atoms with E-state index in [-0.39, 0.29) is 0 Å². The van der Waals surface area contributed by atoms with Crippen LogP contribution in [0.4, 0.5) is 0 Å². The van der Waals surface area contributed by atoms with Gasteiger partial charge in [-0.1, -0.05) is 56.1 Å². The van der Waals surface area contributed by atoms with Gasteiger partial charge in [0.2, 0.25) is 0 Å². The fraction of sp³-hybridized carbons (Fsp3) is 0.481. The van der Waals surface area contributed by atoms with Crippen LogP contribution >= 0.6 is 0 Å². The maximum absolute atomic E-state index is 5.62. The van der Waals surface area contributed by atoms with Gasteiger partial charge in [0, 0.05) is 17.0 Å². The second-order valence-corrected chi connectivity index (χ2v) is 9.17. The molecular formula is C27H34N2O3. The topological polar surface area (TPSA) is 52.4 Å². The highest BCUT2D eigenvalue weighted by Gasteiger charge is 2.34. The van der Waals surface area contributed by atoms with Gasteiger partial charge in [-0.15, -0.1) is 0 Å². The third kappa shape index (κ3) is 4.52. The number of methoxy groups -OCH3 is 2. The van der Waals surface area contributed by atoms with Gasteiger partial charge in [-0.05, 0) is 48.9 Å². The average Bonchev–Trinajstić information content (AvgIpc) is 2.82. The summed E-state index contributed by atoms with van der Waals surface area (Å²) in [5.41, 5.74) is 6.58. The van der Waals surface area contributed by atoms with Crippen LogP contribution in [0, 0.1) is 5.92 Å². The molecule has 2 aromatic carbocycles. The molecule has 0 aromatic heterocycles. The van der Waals surface area contributed by atoms with Crippen molar-refractivity contribution in [1.82, 2.24) is 0 Å². The normalized spacial score (nSPS) is 20.3. The van der Waals surface area contributed by atoms with Gasteiger partial charge in [-0.25, -0.2) is 0 Å². The Balaban J connectivity index is 1.69. The number of ether oxygens (including phenoxy) is 2. The minimum atomic E-state index is 0.330. The van der Waals surface area contributed by atoms with Gasteiger partial charge in [0.15, 0.2) is 11.5 Å². The Bertz CT molecular complexity index is 1010. The molecule has 4 rings (SSSR count). The third-order valence-electron chi connectivity index (χ3n) is 6.42. The molecular weight excluding hydrogens is 400 g/mol. The first-order valence-electron chi connectivity index (χ1n) is 11.6. The zero-order chi connectivity index (χ0) is 22.7. The van der Waals surface area contributed by atoms with E-state index in [2.05, 4.69) is 55.4 Å². The van der Waals surface area contributed by atoms with Crippen molar-refractivity contribution in [1.29, 1.82) is 0 Å². The lowest BCUT2D eigenvalue weighted by atomic mass is 9.75. The molecule has 0 radical (unpaired) electrons. The molecule has 0 bridgehead atoms. The van der Waals surface area contributed by atoms with Crippen LogP contribution in [0.3, 0.4) is 0 Å². The van der Waals surface area contributed by atoms with E-state index in [1.165, 1.54) is 24.8 Å². The molecule has 170 valence electrons. The highest BCUT2D eigenvalue weighted by molar-refractivity contribution is 6.15. The summed E-state index contributed by atoms with van der Waals surface area (Å²) in [6.45, 7) is 6.83. The van der Waals surface area contributed by atoms with Gasteiger partial charge in [-0.2, -0.15) is 0 Å². The molecule has 2 aromatic rings. The van der Waals surface area contributed by atoms with E-state index in [1.807, 2.05) is 6.92 Å². The van der Waals surface area contributed by atoms with Crippen LogP contribution in [0.15, 0.2) is 46.5 Å². The number of aliphatic imine (C=N–C) groups is 1. The number of hydrogen-bond acceptors (Lipinski definition) is 5. The molecule has 2 aliphatic rings. The lowest BCUT2D eigenvalue weighted by Gasteiger charge is -2.35. The zero-order valence-corrected chi connectivity index (χ0v) is 19.9. The van der Waals surface area contributed by atoms with Gasteiger partial charge in [0.05, 0.1) is 31.7 Å². The second kappa shape index (κ2) is 9.76. The highest BCUT2D eigenvalue weighted by atomic mass is 16.6. The maximum Gasteiger partial charge on any atom is 0.161 e. The van der Waals surface area contributed by atoms with E-state index < -0.39 is 0 Å². The molecule has 1 heterocycles. The molecule has 1 aliphatic carbocycles. The van der Waals surface area contributed by atoms with Gasteiger partial charge in [-0.3, -0.25) is 4.99 Å². The molecule has 32 heavy (non-hydrogen) atoms. The first-order chi connectivity index (χ1) is 15.5. The van der Waals surface area contributed by atoms with Crippen LogP contribution in [-0.2, 0) is 4.84 Å². The van der Waals surface area contributed by atoms with Crippen molar-refractivity contribution in [2.24, 2.45) is 16.1 Å². The lowest BCUT2D eigenvalue weighted by Crippen LogP contribution is -2.29. The van der Waals surface area contributed by atoms with Crippen LogP contribution in [0.25, 0.3) is 0 Å². The lowest BCUT2D eigenvalue weighted by molar-refractivity contribution is 0.118. The second-order valence-electron chi connectivity index (χ2n) is 9.17. The summed E-state index contributed by atoms with van der Waals surface area (Å²) in [5.74, 6) is 2.45. The minimum Gasteiger partial charge on any atom is -0.493 e. The Morgan fingerprint density at radius 3 is 2.41 bits per heavy atom. The Labute approximate surface area is 191 Å². The van der Waals surface area contributed by atoms with Gasteiger partial charge < -0.3 is 14.3 Å². The first kappa shape index (κ1) is 22.4. The van der Waals surface area contributed by atoms with Crippen molar-refractivity contribution in [2.45, 2.75) is 58.4 Å². The fourth-order valence-corrected chi connectivity index (χ4v) is 4.71. The predicted molar refractivity (Wildman–Crippen MR) is 130 cm³/mol. The van der Waals surface area contributed by atoms with Crippen molar-refractivity contribution < 1.29 is 14.3 Å². The monoisotopic (exact) mass is 434 g/mol. The number of fused-ring (bicyclic) bond motifs is 3. The summed E-state index contributed by atoms with van der Waals surface area (Å²) in [5, 5.41) is 4.26. The van der Waals surface area contributed by atoms with Crippen molar-refractivity contribution >= 4 is 11.4 Å². The first-order valence-corrected chi connectivity index (χ1v) is 11.6. The van der Waals surface area contributed by atoms with Crippen LogP contribution in [0.5, 0.6) is 11.5 Å². The summed E-state index contributed by atoms with van der Waals surface area (Å²) in [6.07, 6.45) is 4.81. The molecule has 0 unspecified atom stereocenters. The van der Waals surface area contributed by atoms with E-state index in [0.29, 0.717) is 24.5 Å². The molecule has 0 spiro atoms. The minimum absolute atomic E-state index is 0.330. The molecule has 2 atom stereocenters. The van der Waals surface area contributed by atoms with E-state index in [4.69, 9.17) is 19.3 Å². The Morgan fingerprint density at radius 1 is 1.03 bits per heavy atom. The van der Waals surface area contributed by atoms with Crippen LogP contribution in [0.2, 0.25) is 0 Å². The third-order valence-corrected chi connectivity index (χ3v) is 6.42. The van der Waals surface area contributed by atoms with E-state index >= 15 is 0 Å². The zero-order valence-electron chi connectivity index (χ0n) is 19.9. The van der Waals surface area contributed by atoms with Crippen LogP contribution in [-0.4, -0.2) is 38.3 Å². The Kier molecular flexibility index (Phi) is 6.83. The Morgan fingerprint density at radius 2 is 1.72 bits per heavy atom. The van der Waals surface area contributed by atoms with Crippen molar-refractivity contribution in [2.75, 3.05) is 20.8 Å². The number of rotatable bonds is 7. The molecule has 0 N–H and O–H groups in total.